The minimum Gasteiger partial charge on any atom is -0.396 e. The number of anilines is 1. The molecule has 33 heavy (non-hydrogen) atoms. The van der Waals surface area contributed by atoms with Gasteiger partial charge in [0, 0.05) is 29.8 Å². The third-order valence-corrected chi connectivity index (χ3v) is 10.5. The van der Waals surface area contributed by atoms with Gasteiger partial charge in [0.1, 0.15) is 6.04 Å². The lowest BCUT2D eigenvalue weighted by atomic mass is 9.70. The van der Waals surface area contributed by atoms with Gasteiger partial charge in [0.15, 0.2) is 0 Å². The first-order valence-corrected chi connectivity index (χ1v) is 13.5. The van der Waals surface area contributed by atoms with E-state index in [2.05, 4.69) is 26.6 Å². The predicted octanol–water partition coefficient (Wildman–Crippen LogP) is 2.96. The zero-order valence-electron chi connectivity index (χ0n) is 18.6. The van der Waals surface area contributed by atoms with Crippen LogP contribution in [0.1, 0.15) is 31.7 Å². The van der Waals surface area contributed by atoms with Gasteiger partial charge in [0.2, 0.25) is 17.7 Å². The summed E-state index contributed by atoms with van der Waals surface area (Å²) in [5.41, 5.74) is 1.36. The highest BCUT2D eigenvalue weighted by molar-refractivity contribution is 9.09. The molecule has 3 fully saturated rings. The fraction of sp³-hybridized carbons (Fsp3) is 0.609. The average molecular weight is 559 g/mol. The maximum atomic E-state index is 13.8. The molecule has 3 aliphatic heterocycles. The van der Waals surface area contributed by atoms with Crippen LogP contribution in [0, 0.1) is 18.8 Å². The molecule has 3 aliphatic rings. The Labute approximate surface area is 211 Å². The number of aliphatic hydroxyl groups excluding tert-OH is 1. The summed E-state index contributed by atoms with van der Waals surface area (Å²) in [6.07, 6.45) is 1.79. The van der Waals surface area contributed by atoms with Gasteiger partial charge in [0.05, 0.1) is 27.3 Å². The molecule has 1 spiro atoms. The first kappa shape index (κ1) is 24.8. The Balaban J connectivity index is 1.71. The summed E-state index contributed by atoms with van der Waals surface area (Å²) in [6.45, 7) is 4.58. The number of thioether (sulfide) groups is 1. The van der Waals surface area contributed by atoms with Crippen LogP contribution in [0.25, 0.3) is 0 Å². The van der Waals surface area contributed by atoms with Crippen LogP contribution in [-0.2, 0) is 14.4 Å². The van der Waals surface area contributed by atoms with E-state index >= 15 is 0 Å². The molecule has 1 aromatic rings. The van der Waals surface area contributed by atoms with Gasteiger partial charge in [-0.05, 0) is 37.8 Å². The fourth-order valence-electron chi connectivity index (χ4n) is 5.56. The summed E-state index contributed by atoms with van der Waals surface area (Å²) in [7, 11) is 0. The van der Waals surface area contributed by atoms with Crippen LogP contribution >= 0.6 is 39.3 Å². The SMILES string of the molecule is CCCNC(=O)[C@H]1[C@@H]2SC3(CC2Br)C(C(=O)Nc2c(C)cccc2Cl)N(CCCO)C(=O)[C@H]13. The molecule has 7 nitrogen and oxygen atoms in total. The molecule has 3 N–H and O–H groups in total. The van der Waals surface area contributed by atoms with Gasteiger partial charge in [-0.15, -0.1) is 11.8 Å². The summed E-state index contributed by atoms with van der Waals surface area (Å²) >= 11 is 11.7. The Kier molecular flexibility index (Phi) is 7.34. The zero-order valence-corrected chi connectivity index (χ0v) is 21.8. The van der Waals surface area contributed by atoms with Crippen molar-refractivity contribution in [3.63, 3.8) is 0 Å². The van der Waals surface area contributed by atoms with E-state index in [1.54, 1.807) is 22.7 Å². The lowest BCUT2D eigenvalue weighted by molar-refractivity contribution is -0.139. The van der Waals surface area contributed by atoms with Crippen LogP contribution in [0.3, 0.4) is 0 Å². The normalized spacial score (nSPS) is 32.2. The van der Waals surface area contributed by atoms with E-state index in [4.69, 9.17) is 11.6 Å². The number of para-hydroxylation sites is 1. The van der Waals surface area contributed by atoms with Crippen molar-refractivity contribution in [2.24, 2.45) is 11.8 Å². The van der Waals surface area contributed by atoms with E-state index in [0.717, 1.165) is 12.0 Å². The molecule has 10 heteroatoms. The summed E-state index contributed by atoms with van der Waals surface area (Å²) < 4.78 is -0.709. The lowest BCUT2D eigenvalue weighted by Gasteiger charge is -2.35. The average Bonchev–Trinajstić information content (AvgIpc) is 3.36. The molecule has 2 bridgehead atoms. The van der Waals surface area contributed by atoms with E-state index in [1.165, 1.54) is 0 Å². The number of amides is 3. The maximum Gasteiger partial charge on any atom is 0.248 e. The molecule has 4 rings (SSSR count). The Morgan fingerprint density at radius 2 is 2.12 bits per heavy atom. The van der Waals surface area contributed by atoms with Crippen LogP contribution < -0.4 is 10.6 Å². The van der Waals surface area contributed by atoms with Crippen LogP contribution in [-0.4, -0.2) is 68.3 Å². The topological polar surface area (TPSA) is 98.7 Å². The third-order valence-electron chi connectivity index (χ3n) is 6.92. The third kappa shape index (κ3) is 4.09. The smallest absolute Gasteiger partial charge is 0.248 e. The number of aliphatic hydroxyl groups is 1. The van der Waals surface area contributed by atoms with Gasteiger partial charge in [0.25, 0.3) is 0 Å². The monoisotopic (exact) mass is 557 g/mol. The van der Waals surface area contributed by atoms with Crippen molar-refractivity contribution in [1.82, 2.24) is 10.2 Å². The molecule has 6 atom stereocenters. The Bertz CT molecular complexity index is 945. The number of halogens is 2. The molecule has 3 saturated heterocycles. The molecule has 180 valence electrons. The van der Waals surface area contributed by atoms with E-state index in [1.807, 2.05) is 26.0 Å². The number of hydrogen-bond donors (Lipinski definition) is 3. The summed E-state index contributed by atoms with van der Waals surface area (Å²) in [5.74, 6) is -1.67. The van der Waals surface area contributed by atoms with Crippen molar-refractivity contribution in [2.45, 2.75) is 54.0 Å². The van der Waals surface area contributed by atoms with Crippen LogP contribution in [0.5, 0.6) is 0 Å². The first-order valence-electron chi connectivity index (χ1n) is 11.3. The number of carbonyl (C=O) groups is 3. The molecule has 3 unspecified atom stereocenters. The number of hydrogen-bond acceptors (Lipinski definition) is 5. The molecule has 0 radical (unpaired) electrons. The first-order chi connectivity index (χ1) is 15.8. The van der Waals surface area contributed by atoms with Gasteiger partial charge in [-0.2, -0.15) is 0 Å². The van der Waals surface area contributed by atoms with Crippen molar-refractivity contribution in [2.75, 3.05) is 25.0 Å². The minimum absolute atomic E-state index is 0.0269. The van der Waals surface area contributed by atoms with Gasteiger partial charge in [-0.25, -0.2) is 0 Å². The van der Waals surface area contributed by atoms with Crippen molar-refractivity contribution in [3.05, 3.63) is 28.8 Å². The molecule has 3 amide bonds. The summed E-state index contributed by atoms with van der Waals surface area (Å²) in [5, 5.41) is 15.7. The zero-order chi connectivity index (χ0) is 23.9. The van der Waals surface area contributed by atoms with Crippen LogP contribution in [0.4, 0.5) is 5.69 Å². The number of aryl methyl sites for hydroxylation is 1. The van der Waals surface area contributed by atoms with E-state index in [0.29, 0.717) is 30.1 Å². The Morgan fingerprint density at radius 1 is 1.36 bits per heavy atom. The fourth-order valence-corrected chi connectivity index (χ4v) is 9.44. The highest BCUT2D eigenvalue weighted by Gasteiger charge is 2.75. The summed E-state index contributed by atoms with van der Waals surface area (Å²) in [6, 6.07) is 4.64. The van der Waals surface area contributed by atoms with Crippen LogP contribution in [0.2, 0.25) is 5.02 Å². The number of benzene rings is 1. The quantitative estimate of drug-likeness (QED) is 0.426. The Hall–Kier alpha value is -1.29. The number of fused-ring (bicyclic) bond motifs is 1. The standard InChI is InChI=1S/C23H29BrClN3O4S/c1-3-8-26-20(30)15-16-22(32)28(9-5-10-29)19(23(16)11-13(24)18(15)33-23)21(31)27-17-12(2)6-4-7-14(17)25/h4,6-7,13,15-16,18-19,29H,3,5,8-11H2,1-2H3,(H,26,30)(H,27,31)/t13?,15-,16+,18-,19?,23?/m1/s1. The molecule has 0 saturated carbocycles. The van der Waals surface area contributed by atoms with Gasteiger partial charge in [-0.1, -0.05) is 46.6 Å². The maximum absolute atomic E-state index is 13.8. The second kappa shape index (κ2) is 9.76. The molecule has 0 aromatic heterocycles. The highest BCUT2D eigenvalue weighted by Crippen LogP contribution is 2.67. The number of carbonyl (C=O) groups excluding carboxylic acids is 3. The van der Waals surface area contributed by atoms with Gasteiger partial charge in [-0.3, -0.25) is 14.4 Å². The second-order valence-electron chi connectivity index (χ2n) is 8.98. The number of nitrogens with one attached hydrogen (secondary N) is 2. The van der Waals surface area contributed by atoms with Crippen molar-refractivity contribution >= 4 is 62.7 Å². The largest absolute Gasteiger partial charge is 0.396 e. The molecule has 0 aliphatic carbocycles. The van der Waals surface area contributed by atoms with Gasteiger partial charge >= 0.3 is 0 Å². The van der Waals surface area contributed by atoms with Gasteiger partial charge < -0.3 is 20.6 Å². The van der Waals surface area contributed by atoms with E-state index in [-0.39, 0.29) is 41.0 Å². The molecule has 1 aromatic carbocycles. The van der Waals surface area contributed by atoms with E-state index in [9.17, 15) is 19.5 Å². The minimum atomic E-state index is -0.753. The number of alkyl halides is 1. The molecular weight excluding hydrogens is 530 g/mol. The number of rotatable bonds is 8. The summed E-state index contributed by atoms with van der Waals surface area (Å²) in [4.78, 5) is 42.2. The van der Waals surface area contributed by atoms with E-state index < -0.39 is 22.6 Å². The predicted molar refractivity (Wildman–Crippen MR) is 134 cm³/mol. The van der Waals surface area contributed by atoms with Crippen molar-refractivity contribution in [3.8, 4) is 0 Å². The molecular formula is C23H29BrClN3O4S. The van der Waals surface area contributed by atoms with Crippen molar-refractivity contribution < 1.29 is 19.5 Å². The second-order valence-corrected chi connectivity index (χ2v) is 12.1. The number of likely N-dealkylation sites (tertiary alicyclic amines) is 1. The Morgan fingerprint density at radius 3 is 2.79 bits per heavy atom. The molecule has 3 heterocycles. The van der Waals surface area contributed by atoms with Crippen molar-refractivity contribution in [1.29, 1.82) is 0 Å². The highest BCUT2D eigenvalue weighted by atomic mass is 79.9. The lowest BCUT2D eigenvalue weighted by Crippen LogP contribution is -2.53. The number of nitrogens with zero attached hydrogens (tertiary/aromatic N) is 1. The van der Waals surface area contributed by atoms with Crippen LogP contribution in [0.15, 0.2) is 18.2 Å².